The van der Waals surface area contributed by atoms with Gasteiger partial charge in [0.15, 0.2) is 0 Å². The van der Waals surface area contributed by atoms with E-state index in [2.05, 4.69) is 5.32 Å². The minimum Gasteiger partial charge on any atom is -0.485 e. The van der Waals surface area contributed by atoms with E-state index in [0.717, 1.165) is 30.0 Å². The number of hydrogen-bond acceptors (Lipinski definition) is 6. The monoisotopic (exact) mass is 501 g/mol. The Morgan fingerprint density at radius 1 is 0.973 bits per heavy atom. The van der Waals surface area contributed by atoms with Crippen molar-refractivity contribution in [2.45, 2.75) is 31.3 Å². The van der Waals surface area contributed by atoms with Gasteiger partial charge in [0.25, 0.3) is 5.91 Å². The van der Waals surface area contributed by atoms with Crippen LogP contribution in [0.2, 0.25) is 0 Å². The van der Waals surface area contributed by atoms with Crippen molar-refractivity contribution in [1.29, 1.82) is 0 Å². The average Bonchev–Trinajstić information content (AvgIpc) is 3.11. The maximum Gasteiger partial charge on any atom is 0.256 e. The molecule has 0 bridgehead atoms. The van der Waals surface area contributed by atoms with Gasteiger partial charge in [-0.2, -0.15) is 0 Å². The van der Waals surface area contributed by atoms with E-state index >= 15 is 0 Å². The normalized spacial score (nSPS) is 16.9. The number of likely N-dealkylation sites (tertiary alicyclic amines) is 1. The van der Waals surface area contributed by atoms with Gasteiger partial charge in [-0.05, 0) is 48.4 Å². The fourth-order valence-corrected chi connectivity index (χ4v) is 5.08. The van der Waals surface area contributed by atoms with Crippen molar-refractivity contribution in [1.82, 2.24) is 10.4 Å². The number of nitrogens with one attached hydrogen (secondary N) is 2. The van der Waals surface area contributed by atoms with Crippen molar-refractivity contribution in [3.05, 3.63) is 84.4 Å². The number of carbonyl (C=O) groups is 2. The number of para-hydroxylation sites is 3. The van der Waals surface area contributed by atoms with Crippen molar-refractivity contribution in [3.8, 4) is 17.2 Å². The van der Waals surface area contributed by atoms with E-state index < -0.39 is 11.8 Å². The molecule has 1 unspecified atom stereocenters. The summed E-state index contributed by atoms with van der Waals surface area (Å²) >= 11 is 0. The molecule has 2 amide bonds. The molecule has 1 atom stereocenters. The van der Waals surface area contributed by atoms with E-state index in [9.17, 15) is 14.8 Å². The average molecular weight is 502 g/mol. The molecule has 5 rings (SSSR count). The molecule has 8 nitrogen and oxygen atoms in total. The summed E-state index contributed by atoms with van der Waals surface area (Å²) in [7, 11) is 0. The van der Waals surface area contributed by atoms with Crippen LogP contribution < -0.4 is 20.3 Å². The highest BCUT2D eigenvalue weighted by molar-refractivity contribution is 6.00. The number of piperidine rings is 1. The quantitative estimate of drug-likeness (QED) is 0.263. The third-order valence-electron chi connectivity index (χ3n) is 7.14. The lowest BCUT2D eigenvalue weighted by Crippen LogP contribution is -2.53. The zero-order chi connectivity index (χ0) is 25.7. The number of fused-ring (bicyclic) bond motifs is 1. The van der Waals surface area contributed by atoms with Crippen LogP contribution in [-0.2, 0) is 16.0 Å². The highest BCUT2D eigenvalue weighted by Gasteiger charge is 2.41. The minimum absolute atomic E-state index is 0.145. The van der Waals surface area contributed by atoms with Gasteiger partial charge in [0.05, 0.1) is 5.69 Å². The Bertz CT molecular complexity index is 1240. The number of hydrogen-bond donors (Lipinski definition) is 3. The highest BCUT2D eigenvalue weighted by atomic mass is 16.5. The molecule has 1 fully saturated rings. The number of benzene rings is 3. The van der Waals surface area contributed by atoms with Gasteiger partial charge in [-0.25, -0.2) is 5.48 Å². The number of anilines is 1. The summed E-state index contributed by atoms with van der Waals surface area (Å²) < 4.78 is 12.4. The van der Waals surface area contributed by atoms with Gasteiger partial charge in [-0.1, -0.05) is 42.5 Å². The third kappa shape index (κ3) is 5.70. The predicted octanol–water partition coefficient (Wildman–Crippen LogP) is 4.40. The van der Waals surface area contributed by atoms with Gasteiger partial charge in [0.1, 0.15) is 28.8 Å². The molecule has 3 N–H and O–H groups in total. The smallest absolute Gasteiger partial charge is 0.256 e. The van der Waals surface area contributed by atoms with Crippen molar-refractivity contribution >= 4 is 17.5 Å². The SMILES string of the molecule is O=C(NO)C(Cc1cccc(Oc2ccccc2)c1)C(=O)N1CCC2(CCNc3ccccc3O2)CC1. The molecule has 3 aromatic carbocycles. The fourth-order valence-electron chi connectivity index (χ4n) is 5.08. The van der Waals surface area contributed by atoms with Crippen LogP contribution in [0.5, 0.6) is 17.2 Å². The summed E-state index contributed by atoms with van der Waals surface area (Å²) in [6.45, 7) is 1.75. The van der Waals surface area contributed by atoms with Crippen LogP contribution in [0.3, 0.4) is 0 Å². The number of ether oxygens (including phenoxy) is 2. The first-order chi connectivity index (χ1) is 18.0. The Morgan fingerprint density at radius 2 is 1.70 bits per heavy atom. The van der Waals surface area contributed by atoms with Crippen molar-refractivity contribution in [2.75, 3.05) is 25.0 Å². The highest BCUT2D eigenvalue weighted by Crippen LogP contribution is 2.38. The second-order valence-corrected chi connectivity index (χ2v) is 9.58. The largest absolute Gasteiger partial charge is 0.485 e. The van der Waals surface area contributed by atoms with E-state index in [-0.39, 0.29) is 17.9 Å². The molecule has 0 aliphatic carbocycles. The molecule has 2 aliphatic heterocycles. The van der Waals surface area contributed by atoms with Crippen LogP contribution in [0.25, 0.3) is 0 Å². The van der Waals surface area contributed by atoms with E-state index in [4.69, 9.17) is 9.47 Å². The Balaban J connectivity index is 1.26. The van der Waals surface area contributed by atoms with Crippen molar-refractivity contribution < 1.29 is 24.3 Å². The summed E-state index contributed by atoms with van der Waals surface area (Å²) in [6, 6.07) is 24.6. The predicted molar refractivity (Wildman–Crippen MR) is 139 cm³/mol. The molecule has 0 saturated carbocycles. The Kier molecular flexibility index (Phi) is 7.28. The lowest BCUT2D eigenvalue weighted by Gasteiger charge is -2.41. The molecular formula is C29H31N3O5. The van der Waals surface area contributed by atoms with Gasteiger partial charge < -0.3 is 19.7 Å². The van der Waals surface area contributed by atoms with Gasteiger partial charge >= 0.3 is 0 Å². The summed E-state index contributed by atoms with van der Waals surface area (Å²) in [5, 5.41) is 12.8. The van der Waals surface area contributed by atoms with Crippen LogP contribution in [0.1, 0.15) is 24.8 Å². The zero-order valence-corrected chi connectivity index (χ0v) is 20.6. The number of amides is 2. The first kappa shape index (κ1) is 24.6. The van der Waals surface area contributed by atoms with E-state index in [1.54, 1.807) is 10.4 Å². The Hall–Kier alpha value is -4.04. The third-order valence-corrected chi connectivity index (χ3v) is 7.14. The summed E-state index contributed by atoms with van der Waals surface area (Å²) in [5.41, 5.74) is 3.08. The van der Waals surface area contributed by atoms with E-state index in [1.165, 1.54) is 0 Å². The molecule has 0 aromatic heterocycles. The lowest BCUT2D eigenvalue weighted by atomic mass is 9.86. The fraction of sp³-hybridized carbons (Fsp3) is 0.310. The standard InChI is InChI=1S/C29H31N3O5/c33-27(31-35)24(20-21-7-6-10-23(19-21)36-22-8-2-1-3-9-22)28(34)32-17-14-29(15-18-32)13-16-30-25-11-4-5-12-26(25)37-29/h1-12,19,24,30,35H,13-18,20H2,(H,31,33). The number of carbonyl (C=O) groups excluding carboxylic acids is 2. The molecule has 8 heteroatoms. The molecular weight excluding hydrogens is 470 g/mol. The number of rotatable bonds is 6. The molecule has 0 radical (unpaired) electrons. The first-order valence-corrected chi connectivity index (χ1v) is 12.6. The molecule has 1 saturated heterocycles. The number of hydroxylamine groups is 1. The van der Waals surface area contributed by atoms with Crippen LogP contribution >= 0.6 is 0 Å². The van der Waals surface area contributed by atoms with E-state index in [1.807, 2.05) is 78.9 Å². The van der Waals surface area contributed by atoms with Gasteiger partial charge in [0.2, 0.25) is 5.91 Å². The second kappa shape index (κ2) is 10.9. The van der Waals surface area contributed by atoms with Crippen LogP contribution in [-0.4, -0.2) is 47.2 Å². The zero-order valence-electron chi connectivity index (χ0n) is 20.6. The van der Waals surface area contributed by atoms with Crippen LogP contribution in [0.15, 0.2) is 78.9 Å². The Morgan fingerprint density at radius 3 is 2.49 bits per heavy atom. The van der Waals surface area contributed by atoms with Gasteiger partial charge in [-0.3, -0.25) is 14.8 Å². The molecule has 2 aliphatic rings. The molecule has 2 heterocycles. The lowest BCUT2D eigenvalue weighted by molar-refractivity contribution is -0.148. The molecule has 192 valence electrons. The molecule has 1 spiro atoms. The maximum absolute atomic E-state index is 13.5. The summed E-state index contributed by atoms with van der Waals surface area (Å²) in [6.07, 6.45) is 2.32. The topological polar surface area (TPSA) is 100 Å². The Labute approximate surface area is 216 Å². The van der Waals surface area contributed by atoms with Gasteiger partial charge in [0, 0.05) is 38.9 Å². The van der Waals surface area contributed by atoms with Crippen LogP contribution in [0, 0.1) is 5.92 Å². The second-order valence-electron chi connectivity index (χ2n) is 9.58. The number of nitrogens with zero attached hydrogens (tertiary/aromatic N) is 1. The van der Waals surface area contributed by atoms with E-state index in [0.29, 0.717) is 37.4 Å². The molecule has 3 aromatic rings. The summed E-state index contributed by atoms with van der Waals surface area (Å²) in [5.74, 6) is 0.0598. The van der Waals surface area contributed by atoms with Gasteiger partial charge in [-0.15, -0.1) is 0 Å². The van der Waals surface area contributed by atoms with Crippen LogP contribution in [0.4, 0.5) is 5.69 Å². The van der Waals surface area contributed by atoms with Crippen molar-refractivity contribution in [3.63, 3.8) is 0 Å². The molecule has 37 heavy (non-hydrogen) atoms. The first-order valence-electron chi connectivity index (χ1n) is 12.6. The summed E-state index contributed by atoms with van der Waals surface area (Å²) in [4.78, 5) is 27.8. The maximum atomic E-state index is 13.5. The minimum atomic E-state index is -1.05. The van der Waals surface area contributed by atoms with Crippen molar-refractivity contribution in [2.24, 2.45) is 5.92 Å².